The Hall–Kier alpha value is -2.59. The molecule has 2 heterocycles. The fourth-order valence-electron chi connectivity index (χ4n) is 3.67. The summed E-state index contributed by atoms with van der Waals surface area (Å²) in [4.78, 5) is 7.05. The van der Waals surface area contributed by atoms with Crippen LogP contribution in [0.4, 0.5) is 0 Å². The van der Waals surface area contributed by atoms with E-state index in [0.29, 0.717) is 6.04 Å². The van der Waals surface area contributed by atoms with Crippen LogP contribution < -0.4 is 0 Å². The lowest BCUT2D eigenvalue weighted by Gasteiger charge is -2.33. The van der Waals surface area contributed by atoms with Gasteiger partial charge in [0.1, 0.15) is 11.6 Å². The Labute approximate surface area is 148 Å². The molecule has 4 nitrogen and oxygen atoms in total. The smallest absolute Gasteiger partial charge is 0.140 e. The number of hydrogen-bond donors (Lipinski definition) is 1. The van der Waals surface area contributed by atoms with Gasteiger partial charge in [-0.25, -0.2) is 4.98 Å². The summed E-state index contributed by atoms with van der Waals surface area (Å²) in [6, 6.07) is 18.5. The quantitative estimate of drug-likeness (QED) is 0.782. The molecule has 0 radical (unpaired) electrons. The minimum absolute atomic E-state index is 0.282. The minimum atomic E-state index is 0.282. The maximum atomic E-state index is 9.74. The summed E-state index contributed by atoms with van der Waals surface area (Å²) in [6.07, 6.45) is 6.16. The second-order valence-corrected chi connectivity index (χ2v) is 6.70. The van der Waals surface area contributed by atoms with Gasteiger partial charge < -0.3 is 9.67 Å². The van der Waals surface area contributed by atoms with Crippen LogP contribution in [0.5, 0.6) is 5.75 Å². The van der Waals surface area contributed by atoms with Crippen molar-refractivity contribution in [3.63, 3.8) is 0 Å². The molecule has 0 unspecified atom stereocenters. The van der Waals surface area contributed by atoms with Crippen LogP contribution in [0, 0.1) is 0 Å². The molecule has 1 fully saturated rings. The van der Waals surface area contributed by atoms with Gasteiger partial charge in [-0.05, 0) is 30.5 Å². The van der Waals surface area contributed by atoms with Crippen LogP contribution >= 0.6 is 0 Å². The van der Waals surface area contributed by atoms with E-state index < -0.39 is 0 Å². The molecule has 0 atom stereocenters. The summed E-state index contributed by atoms with van der Waals surface area (Å²) in [6.45, 7) is 3.21. The van der Waals surface area contributed by atoms with Gasteiger partial charge in [0.05, 0.1) is 0 Å². The zero-order valence-corrected chi connectivity index (χ0v) is 14.3. The molecule has 1 aliphatic heterocycles. The van der Waals surface area contributed by atoms with Crippen LogP contribution in [0.15, 0.2) is 67.0 Å². The highest BCUT2D eigenvalue weighted by molar-refractivity contribution is 5.58. The van der Waals surface area contributed by atoms with Gasteiger partial charge in [0, 0.05) is 43.6 Å². The molecular formula is C21H23N3O. The fourth-order valence-corrected chi connectivity index (χ4v) is 3.67. The van der Waals surface area contributed by atoms with Crippen molar-refractivity contribution >= 4 is 0 Å². The number of aromatic nitrogens is 2. The third-order valence-electron chi connectivity index (χ3n) is 4.97. The van der Waals surface area contributed by atoms with Crippen LogP contribution in [0.2, 0.25) is 0 Å². The maximum Gasteiger partial charge on any atom is 0.140 e. The molecule has 1 N–H and O–H groups in total. The summed E-state index contributed by atoms with van der Waals surface area (Å²) in [5, 5.41) is 9.74. The SMILES string of the molecule is Oc1cccc(-c2nccn2C2CCN(Cc3ccccc3)CC2)c1. The zero-order chi connectivity index (χ0) is 17.1. The van der Waals surface area contributed by atoms with Gasteiger partial charge in [-0.1, -0.05) is 42.5 Å². The average Bonchev–Trinajstić information content (AvgIpc) is 3.13. The summed E-state index contributed by atoms with van der Waals surface area (Å²) in [7, 11) is 0. The second-order valence-electron chi connectivity index (χ2n) is 6.70. The van der Waals surface area contributed by atoms with Crippen molar-refractivity contribution in [3.8, 4) is 17.1 Å². The first-order valence-corrected chi connectivity index (χ1v) is 8.88. The van der Waals surface area contributed by atoms with Crippen LogP contribution in [-0.2, 0) is 6.54 Å². The monoisotopic (exact) mass is 333 g/mol. The molecule has 128 valence electrons. The lowest BCUT2D eigenvalue weighted by atomic mass is 10.0. The molecule has 1 aliphatic rings. The predicted octanol–water partition coefficient (Wildman–Crippen LogP) is 4.09. The molecule has 4 heteroatoms. The third-order valence-corrected chi connectivity index (χ3v) is 4.97. The van der Waals surface area contributed by atoms with E-state index >= 15 is 0 Å². The van der Waals surface area contributed by atoms with E-state index in [9.17, 15) is 5.11 Å². The molecule has 0 amide bonds. The van der Waals surface area contributed by atoms with Crippen LogP contribution in [0.1, 0.15) is 24.4 Å². The van der Waals surface area contributed by atoms with Crippen molar-refractivity contribution in [2.45, 2.75) is 25.4 Å². The zero-order valence-electron chi connectivity index (χ0n) is 14.3. The minimum Gasteiger partial charge on any atom is -0.508 e. The van der Waals surface area contributed by atoms with Crippen LogP contribution in [0.3, 0.4) is 0 Å². The van der Waals surface area contributed by atoms with Gasteiger partial charge in [-0.15, -0.1) is 0 Å². The van der Waals surface area contributed by atoms with Crippen molar-refractivity contribution < 1.29 is 5.11 Å². The number of aromatic hydroxyl groups is 1. The number of phenolic OH excluding ortho intramolecular Hbond substituents is 1. The topological polar surface area (TPSA) is 41.3 Å². The van der Waals surface area contributed by atoms with Crippen molar-refractivity contribution in [1.29, 1.82) is 0 Å². The molecule has 0 aliphatic carbocycles. The van der Waals surface area contributed by atoms with E-state index in [1.54, 1.807) is 12.1 Å². The summed E-state index contributed by atoms with van der Waals surface area (Å²) < 4.78 is 2.27. The summed E-state index contributed by atoms with van der Waals surface area (Å²) in [5.41, 5.74) is 2.35. The number of phenols is 1. The lowest BCUT2D eigenvalue weighted by molar-refractivity contribution is 0.180. The predicted molar refractivity (Wildman–Crippen MR) is 99.3 cm³/mol. The molecule has 3 aromatic rings. The van der Waals surface area contributed by atoms with Crippen molar-refractivity contribution in [2.24, 2.45) is 0 Å². The number of hydrogen-bond acceptors (Lipinski definition) is 3. The standard InChI is InChI=1S/C21H23N3O/c25-20-8-4-7-18(15-20)21-22-11-14-24(21)19-9-12-23(13-10-19)16-17-5-2-1-3-6-17/h1-8,11,14-15,19,25H,9-10,12-13,16H2. The Morgan fingerprint density at radius 2 is 1.80 bits per heavy atom. The first kappa shape index (κ1) is 15.9. The molecule has 25 heavy (non-hydrogen) atoms. The molecule has 0 spiro atoms. The molecular weight excluding hydrogens is 310 g/mol. The largest absolute Gasteiger partial charge is 0.508 e. The number of imidazole rings is 1. The van der Waals surface area contributed by atoms with E-state index in [2.05, 4.69) is 51.0 Å². The first-order chi connectivity index (χ1) is 12.3. The fraction of sp³-hybridized carbons (Fsp3) is 0.286. The highest BCUT2D eigenvalue weighted by Crippen LogP contribution is 2.29. The third kappa shape index (κ3) is 3.59. The molecule has 1 saturated heterocycles. The Morgan fingerprint density at radius 1 is 1.00 bits per heavy atom. The van der Waals surface area contributed by atoms with Crippen molar-refractivity contribution in [1.82, 2.24) is 14.5 Å². The molecule has 0 bridgehead atoms. The first-order valence-electron chi connectivity index (χ1n) is 8.88. The van der Waals surface area contributed by atoms with E-state index in [4.69, 9.17) is 0 Å². The van der Waals surface area contributed by atoms with Gasteiger partial charge in [0.2, 0.25) is 0 Å². The van der Waals surface area contributed by atoms with Crippen LogP contribution in [0.25, 0.3) is 11.4 Å². The van der Waals surface area contributed by atoms with E-state index in [0.717, 1.165) is 43.9 Å². The summed E-state index contributed by atoms with van der Waals surface area (Å²) >= 11 is 0. The van der Waals surface area contributed by atoms with Gasteiger partial charge in [0.15, 0.2) is 0 Å². The Bertz CT molecular complexity index is 820. The average molecular weight is 333 g/mol. The maximum absolute atomic E-state index is 9.74. The molecule has 0 saturated carbocycles. The Morgan fingerprint density at radius 3 is 2.56 bits per heavy atom. The van der Waals surface area contributed by atoms with Gasteiger partial charge in [-0.2, -0.15) is 0 Å². The number of nitrogens with zero attached hydrogens (tertiary/aromatic N) is 3. The normalized spacial score (nSPS) is 16.2. The molecule has 2 aromatic carbocycles. The molecule has 1 aromatic heterocycles. The second kappa shape index (κ2) is 7.11. The number of benzene rings is 2. The van der Waals surface area contributed by atoms with Gasteiger partial charge in [0.25, 0.3) is 0 Å². The van der Waals surface area contributed by atoms with Crippen molar-refractivity contribution in [2.75, 3.05) is 13.1 Å². The van der Waals surface area contributed by atoms with Crippen molar-refractivity contribution in [3.05, 3.63) is 72.6 Å². The number of rotatable bonds is 4. The lowest BCUT2D eigenvalue weighted by Crippen LogP contribution is -2.34. The van der Waals surface area contributed by atoms with Crippen LogP contribution in [-0.4, -0.2) is 32.6 Å². The van der Waals surface area contributed by atoms with E-state index in [1.807, 2.05) is 18.3 Å². The van der Waals surface area contributed by atoms with Gasteiger partial charge in [-0.3, -0.25) is 4.90 Å². The molecule has 4 rings (SSSR count). The number of likely N-dealkylation sites (tertiary alicyclic amines) is 1. The Kier molecular flexibility index (Phi) is 4.53. The van der Waals surface area contributed by atoms with E-state index in [1.165, 1.54) is 5.56 Å². The highest BCUT2D eigenvalue weighted by atomic mass is 16.3. The Balaban J connectivity index is 1.44. The summed E-state index contributed by atoms with van der Waals surface area (Å²) in [5.74, 6) is 1.22. The number of piperidine rings is 1. The van der Waals surface area contributed by atoms with E-state index in [-0.39, 0.29) is 5.75 Å². The highest BCUT2D eigenvalue weighted by Gasteiger charge is 2.22. The van der Waals surface area contributed by atoms with Gasteiger partial charge >= 0.3 is 0 Å².